The lowest BCUT2D eigenvalue weighted by Crippen LogP contribution is -2.59. The molecular formula is C36H46N4O12. The molecular weight excluding hydrogens is 680 g/mol. The van der Waals surface area contributed by atoms with Crippen LogP contribution < -0.4 is 5.56 Å². The Bertz CT molecular complexity index is 1710. The molecule has 2 saturated heterocycles. The van der Waals surface area contributed by atoms with Gasteiger partial charge in [0.2, 0.25) is 0 Å². The lowest BCUT2D eigenvalue weighted by molar-refractivity contribution is -0.314. The zero-order valence-corrected chi connectivity index (χ0v) is 29.1. The molecule has 5 N–H and O–H groups in total. The van der Waals surface area contributed by atoms with E-state index in [1.165, 1.54) is 36.3 Å². The molecule has 2 aliphatic rings. The molecule has 2 aliphatic heterocycles. The average Bonchev–Trinajstić information content (AvgIpc) is 3.69. The molecule has 52 heavy (non-hydrogen) atoms. The van der Waals surface area contributed by atoms with Gasteiger partial charge in [0.1, 0.15) is 36.6 Å². The largest absolute Gasteiger partial charge is 0.455 e. The molecule has 0 aliphatic carbocycles. The van der Waals surface area contributed by atoms with Crippen LogP contribution in [0.15, 0.2) is 90.4 Å². The number of H-pyrrole nitrogens is 1. The van der Waals surface area contributed by atoms with Crippen LogP contribution in [0.2, 0.25) is 0 Å². The standard InChI is InChI=1S/C36H46N4O12/c1-4-5-6-7-8-11-14-17-25(42)48-22(2)16-13-10-9-12-15-18-26(43)51-31-23(3)49-36(30(46)29(31)45)52-32-28(44)24(19-41)50-35(32)40-21-39-27-33(40)37-20-38-34(27)47/h5-6,8-9,11-18,20-24,28-32,35-36,41,44-46H,4,7,10,19H2,1-3H3,(H,37,38,47)/b6-5-,11-8+,12-9+,16-13-,17-14+,18-15+/t22-,23-,24+,28+,29-,30-,31+,32+,35+,36-/m0/s1. The van der Waals surface area contributed by atoms with Crippen molar-refractivity contribution < 1.29 is 53.7 Å². The van der Waals surface area contributed by atoms with Gasteiger partial charge in [0, 0.05) is 12.2 Å². The zero-order chi connectivity index (χ0) is 37.6. The van der Waals surface area contributed by atoms with Gasteiger partial charge in [-0.25, -0.2) is 19.6 Å². The number of nitrogens with one attached hydrogen (secondary N) is 1. The second-order valence-electron chi connectivity index (χ2n) is 12.0. The van der Waals surface area contributed by atoms with Crippen molar-refractivity contribution in [1.82, 2.24) is 19.5 Å². The Balaban J connectivity index is 1.24. The first kappa shape index (κ1) is 40.2. The number of allylic oxidation sites excluding steroid dienone is 9. The highest BCUT2D eigenvalue weighted by Crippen LogP contribution is 2.36. The number of hydrogen-bond acceptors (Lipinski definition) is 14. The van der Waals surface area contributed by atoms with Gasteiger partial charge in [-0.15, -0.1) is 0 Å². The Hall–Kier alpha value is -4.55. The lowest BCUT2D eigenvalue weighted by Gasteiger charge is -2.41. The summed E-state index contributed by atoms with van der Waals surface area (Å²) in [6, 6.07) is 0. The highest BCUT2D eigenvalue weighted by atomic mass is 16.7. The van der Waals surface area contributed by atoms with Crippen LogP contribution in [0, 0.1) is 0 Å². The number of esters is 2. The van der Waals surface area contributed by atoms with Crippen LogP contribution in [0.3, 0.4) is 0 Å². The number of aromatic nitrogens is 4. The number of aromatic amines is 1. The Labute approximate surface area is 300 Å². The fraction of sp³-hybridized carbons (Fsp3) is 0.472. The predicted octanol–water partition coefficient (Wildman–Crippen LogP) is 1.59. The minimum Gasteiger partial charge on any atom is -0.455 e. The van der Waals surface area contributed by atoms with Crippen molar-refractivity contribution in [2.45, 2.75) is 101 Å². The number of nitrogens with zero attached hydrogens (tertiary/aromatic N) is 3. The van der Waals surface area contributed by atoms with E-state index >= 15 is 0 Å². The highest BCUT2D eigenvalue weighted by Gasteiger charge is 2.51. The Morgan fingerprint density at radius 1 is 0.942 bits per heavy atom. The molecule has 2 aromatic heterocycles. The first-order valence-electron chi connectivity index (χ1n) is 17.0. The van der Waals surface area contributed by atoms with Crippen molar-refractivity contribution in [3.05, 3.63) is 95.9 Å². The molecule has 0 bridgehead atoms. The number of imidazole rings is 1. The molecule has 0 saturated carbocycles. The van der Waals surface area contributed by atoms with Gasteiger partial charge in [0.05, 0.1) is 25.4 Å². The van der Waals surface area contributed by atoms with E-state index in [9.17, 15) is 34.8 Å². The molecule has 0 aromatic carbocycles. The van der Waals surface area contributed by atoms with Crippen LogP contribution in [-0.2, 0) is 33.3 Å². The van der Waals surface area contributed by atoms with Crippen LogP contribution >= 0.6 is 0 Å². The van der Waals surface area contributed by atoms with Crippen LogP contribution in [0.25, 0.3) is 11.2 Å². The summed E-state index contributed by atoms with van der Waals surface area (Å²) < 4.78 is 29.5. The molecule has 10 atom stereocenters. The number of carbonyl (C=O) groups is 2. The second kappa shape index (κ2) is 19.9. The maximum atomic E-state index is 12.5. The van der Waals surface area contributed by atoms with E-state index in [-0.39, 0.29) is 11.2 Å². The third kappa shape index (κ3) is 10.7. The van der Waals surface area contributed by atoms with Gasteiger partial charge < -0.3 is 49.1 Å². The number of ether oxygens (including phenoxy) is 5. The SMILES string of the molecule is CC/C=C\C/C=C/C=C/C(=O)O[C@@H](C)/C=C\C/C=C/C=C/C(=O)O[C@H]1[C@@H](O)[C@H](O)[C@H](O[C@@H]2[C@H](O)[C@@H](CO)O[C@H]2n2cnc3c(=O)[nH]cnc32)O[C@H]1C. The molecule has 2 aromatic rings. The molecule has 282 valence electrons. The van der Waals surface area contributed by atoms with E-state index in [1.54, 1.807) is 43.4 Å². The number of carbonyl (C=O) groups excluding carboxylic acids is 2. The van der Waals surface area contributed by atoms with Crippen molar-refractivity contribution in [3.8, 4) is 0 Å². The minimum absolute atomic E-state index is 0.00385. The molecule has 16 nitrogen and oxygen atoms in total. The van der Waals surface area contributed by atoms with E-state index in [0.717, 1.165) is 18.9 Å². The summed E-state index contributed by atoms with van der Waals surface area (Å²) in [4.78, 5) is 47.1. The van der Waals surface area contributed by atoms with Gasteiger partial charge in [-0.05, 0) is 39.2 Å². The normalized spacial score (nSPS) is 29.2. The van der Waals surface area contributed by atoms with E-state index < -0.39 is 85.5 Å². The number of fused-ring (bicyclic) bond motifs is 1. The summed E-state index contributed by atoms with van der Waals surface area (Å²) in [5.74, 6) is -1.25. The van der Waals surface area contributed by atoms with Crippen molar-refractivity contribution in [2.75, 3.05) is 6.61 Å². The maximum Gasteiger partial charge on any atom is 0.331 e. The number of aliphatic hydroxyl groups excluding tert-OH is 4. The monoisotopic (exact) mass is 726 g/mol. The third-order valence-corrected chi connectivity index (χ3v) is 8.07. The summed E-state index contributed by atoms with van der Waals surface area (Å²) >= 11 is 0. The van der Waals surface area contributed by atoms with Crippen LogP contribution in [-0.4, -0.2) is 114 Å². The molecule has 2 fully saturated rings. The van der Waals surface area contributed by atoms with Gasteiger partial charge in [-0.1, -0.05) is 61.6 Å². The van der Waals surface area contributed by atoms with Crippen molar-refractivity contribution in [2.24, 2.45) is 0 Å². The molecule has 4 heterocycles. The lowest BCUT2D eigenvalue weighted by atomic mass is 9.99. The maximum absolute atomic E-state index is 12.5. The fourth-order valence-corrected chi connectivity index (χ4v) is 5.43. The van der Waals surface area contributed by atoms with Crippen LogP contribution in [0.4, 0.5) is 0 Å². The smallest absolute Gasteiger partial charge is 0.331 e. The summed E-state index contributed by atoms with van der Waals surface area (Å²) in [6.45, 7) is 4.73. The van der Waals surface area contributed by atoms with Gasteiger partial charge in [0.15, 0.2) is 29.8 Å². The first-order chi connectivity index (χ1) is 25.0. The summed E-state index contributed by atoms with van der Waals surface area (Å²) in [6.07, 6.45) is 12.6. The number of aliphatic hydroxyl groups is 4. The van der Waals surface area contributed by atoms with Crippen molar-refractivity contribution >= 4 is 23.1 Å². The summed E-state index contributed by atoms with van der Waals surface area (Å²) in [7, 11) is 0. The zero-order valence-electron chi connectivity index (χ0n) is 29.1. The third-order valence-electron chi connectivity index (χ3n) is 8.07. The van der Waals surface area contributed by atoms with Crippen LogP contribution in [0.1, 0.15) is 46.3 Å². The average molecular weight is 727 g/mol. The summed E-state index contributed by atoms with van der Waals surface area (Å²) in [5.41, 5.74) is -0.381. The predicted molar refractivity (Wildman–Crippen MR) is 186 cm³/mol. The van der Waals surface area contributed by atoms with Gasteiger partial charge in [-0.3, -0.25) is 9.36 Å². The Morgan fingerprint density at radius 3 is 2.37 bits per heavy atom. The van der Waals surface area contributed by atoms with Crippen LogP contribution in [0.5, 0.6) is 0 Å². The first-order valence-corrected chi connectivity index (χ1v) is 17.0. The molecule has 0 unspecified atom stereocenters. The highest BCUT2D eigenvalue weighted by molar-refractivity contribution is 5.83. The van der Waals surface area contributed by atoms with Gasteiger partial charge in [-0.2, -0.15) is 0 Å². The van der Waals surface area contributed by atoms with E-state index in [4.69, 9.17) is 23.7 Å². The van der Waals surface area contributed by atoms with Crippen molar-refractivity contribution in [3.63, 3.8) is 0 Å². The minimum atomic E-state index is -1.72. The van der Waals surface area contributed by atoms with E-state index in [2.05, 4.69) is 28.0 Å². The quantitative estimate of drug-likeness (QED) is 0.0717. The van der Waals surface area contributed by atoms with E-state index in [1.807, 2.05) is 12.2 Å². The summed E-state index contributed by atoms with van der Waals surface area (Å²) in [5, 5.41) is 42.4. The van der Waals surface area contributed by atoms with Gasteiger partial charge >= 0.3 is 11.9 Å². The fourth-order valence-electron chi connectivity index (χ4n) is 5.43. The topological polar surface area (TPSA) is 225 Å². The number of rotatable bonds is 16. The molecule has 0 spiro atoms. The van der Waals surface area contributed by atoms with Crippen molar-refractivity contribution in [1.29, 1.82) is 0 Å². The number of hydrogen-bond donors (Lipinski definition) is 5. The second-order valence-corrected chi connectivity index (χ2v) is 12.0. The Kier molecular flexibility index (Phi) is 15.4. The Morgan fingerprint density at radius 2 is 1.65 bits per heavy atom. The molecule has 4 rings (SSSR count). The van der Waals surface area contributed by atoms with E-state index in [0.29, 0.717) is 6.42 Å². The molecule has 0 amide bonds. The van der Waals surface area contributed by atoms with Gasteiger partial charge in [0.25, 0.3) is 5.56 Å². The molecule has 16 heteroatoms. The molecule has 0 radical (unpaired) electrons.